The number of aryl methyl sites for hydroxylation is 2. The minimum absolute atomic E-state index is 0.191. The summed E-state index contributed by atoms with van der Waals surface area (Å²) < 4.78 is 0. The van der Waals surface area contributed by atoms with Gasteiger partial charge in [-0.05, 0) is 54.3 Å². The highest BCUT2D eigenvalue weighted by atomic mass is 14.9. The van der Waals surface area contributed by atoms with Gasteiger partial charge in [-0.15, -0.1) is 0 Å². The van der Waals surface area contributed by atoms with E-state index in [1.54, 1.807) is 0 Å². The van der Waals surface area contributed by atoms with Gasteiger partial charge in [0, 0.05) is 24.8 Å². The predicted octanol–water partition coefficient (Wildman–Crippen LogP) is 3.05. The van der Waals surface area contributed by atoms with E-state index in [0.717, 1.165) is 13.0 Å². The standard InChI is InChI=1S/C16H21N3/c1-4-13-10-17-9-7-14(13)16(19-5-2)15-11-18-8-6-12(15)3/h6-11,16,19H,4-5H2,1-3H3. The molecule has 2 aromatic rings. The minimum Gasteiger partial charge on any atom is -0.306 e. The van der Waals surface area contributed by atoms with Gasteiger partial charge < -0.3 is 5.32 Å². The first kappa shape index (κ1) is 13.7. The van der Waals surface area contributed by atoms with Gasteiger partial charge >= 0.3 is 0 Å². The Hall–Kier alpha value is -1.74. The molecule has 0 saturated heterocycles. The maximum absolute atomic E-state index is 4.27. The summed E-state index contributed by atoms with van der Waals surface area (Å²) in [4.78, 5) is 8.51. The largest absolute Gasteiger partial charge is 0.306 e. The first-order valence-corrected chi connectivity index (χ1v) is 6.84. The fourth-order valence-corrected chi connectivity index (χ4v) is 2.38. The Balaban J connectivity index is 2.49. The molecule has 3 heteroatoms. The van der Waals surface area contributed by atoms with Crippen molar-refractivity contribution < 1.29 is 0 Å². The van der Waals surface area contributed by atoms with E-state index in [1.165, 1.54) is 22.3 Å². The molecule has 1 N–H and O–H groups in total. The molecule has 0 aliphatic rings. The lowest BCUT2D eigenvalue weighted by atomic mass is 9.93. The van der Waals surface area contributed by atoms with Crippen LogP contribution in [0.4, 0.5) is 0 Å². The molecule has 1 unspecified atom stereocenters. The van der Waals surface area contributed by atoms with Crippen molar-refractivity contribution in [1.29, 1.82) is 0 Å². The number of pyridine rings is 2. The van der Waals surface area contributed by atoms with E-state index in [0.29, 0.717) is 0 Å². The normalized spacial score (nSPS) is 12.4. The number of nitrogens with one attached hydrogen (secondary N) is 1. The molecule has 2 heterocycles. The predicted molar refractivity (Wildman–Crippen MR) is 78.1 cm³/mol. The zero-order chi connectivity index (χ0) is 13.7. The lowest BCUT2D eigenvalue weighted by molar-refractivity contribution is 0.619. The summed E-state index contributed by atoms with van der Waals surface area (Å²) in [7, 11) is 0. The first-order valence-electron chi connectivity index (χ1n) is 6.84. The van der Waals surface area contributed by atoms with Crippen molar-refractivity contribution in [1.82, 2.24) is 15.3 Å². The van der Waals surface area contributed by atoms with Gasteiger partial charge in [0.15, 0.2) is 0 Å². The van der Waals surface area contributed by atoms with Crippen LogP contribution in [-0.4, -0.2) is 16.5 Å². The smallest absolute Gasteiger partial charge is 0.0598 e. The molecule has 0 saturated carbocycles. The lowest BCUT2D eigenvalue weighted by Gasteiger charge is -2.22. The highest BCUT2D eigenvalue weighted by Crippen LogP contribution is 2.26. The van der Waals surface area contributed by atoms with Gasteiger partial charge in [0.2, 0.25) is 0 Å². The molecule has 2 aromatic heterocycles. The van der Waals surface area contributed by atoms with Crippen molar-refractivity contribution in [3.8, 4) is 0 Å². The third kappa shape index (κ3) is 2.99. The van der Waals surface area contributed by atoms with E-state index in [4.69, 9.17) is 0 Å². The molecule has 19 heavy (non-hydrogen) atoms. The second kappa shape index (κ2) is 6.43. The summed E-state index contributed by atoms with van der Waals surface area (Å²) in [6, 6.07) is 4.36. The highest BCUT2D eigenvalue weighted by molar-refractivity contribution is 5.38. The molecule has 0 radical (unpaired) electrons. The quantitative estimate of drug-likeness (QED) is 0.892. The zero-order valence-electron chi connectivity index (χ0n) is 11.9. The van der Waals surface area contributed by atoms with Crippen molar-refractivity contribution in [2.24, 2.45) is 0 Å². The van der Waals surface area contributed by atoms with E-state index in [-0.39, 0.29) is 6.04 Å². The second-order valence-electron chi connectivity index (χ2n) is 4.65. The van der Waals surface area contributed by atoms with E-state index >= 15 is 0 Å². The van der Waals surface area contributed by atoms with Crippen LogP contribution in [0.2, 0.25) is 0 Å². The van der Waals surface area contributed by atoms with E-state index in [2.05, 4.69) is 48.2 Å². The van der Waals surface area contributed by atoms with Crippen LogP contribution in [0.1, 0.15) is 42.1 Å². The molecular weight excluding hydrogens is 234 g/mol. The molecule has 0 amide bonds. The van der Waals surface area contributed by atoms with Gasteiger partial charge in [-0.1, -0.05) is 13.8 Å². The van der Waals surface area contributed by atoms with E-state index < -0.39 is 0 Å². The van der Waals surface area contributed by atoms with Gasteiger partial charge in [0.1, 0.15) is 0 Å². The minimum atomic E-state index is 0.191. The number of hydrogen-bond donors (Lipinski definition) is 1. The Bertz CT molecular complexity index is 537. The molecule has 0 bridgehead atoms. The molecule has 1 atom stereocenters. The Morgan fingerprint density at radius 1 is 1.05 bits per heavy atom. The van der Waals surface area contributed by atoms with E-state index in [9.17, 15) is 0 Å². The molecule has 0 aliphatic heterocycles. The highest BCUT2D eigenvalue weighted by Gasteiger charge is 2.17. The molecule has 0 aliphatic carbocycles. The maximum atomic E-state index is 4.27. The zero-order valence-corrected chi connectivity index (χ0v) is 11.9. The molecule has 0 spiro atoms. The second-order valence-corrected chi connectivity index (χ2v) is 4.65. The molecule has 2 rings (SSSR count). The lowest BCUT2D eigenvalue weighted by Crippen LogP contribution is -2.24. The summed E-state index contributed by atoms with van der Waals surface area (Å²) >= 11 is 0. The van der Waals surface area contributed by atoms with Crippen molar-refractivity contribution in [2.75, 3.05) is 6.54 Å². The SMILES string of the molecule is CCNC(c1cnccc1C)c1ccncc1CC. The first-order chi connectivity index (χ1) is 9.27. The molecule has 3 nitrogen and oxygen atoms in total. The van der Waals surface area contributed by atoms with Crippen molar-refractivity contribution in [2.45, 2.75) is 33.2 Å². The van der Waals surface area contributed by atoms with Crippen molar-refractivity contribution in [3.63, 3.8) is 0 Å². The topological polar surface area (TPSA) is 37.8 Å². The Morgan fingerprint density at radius 2 is 1.79 bits per heavy atom. The van der Waals surface area contributed by atoms with Crippen molar-refractivity contribution in [3.05, 3.63) is 59.2 Å². The summed E-state index contributed by atoms with van der Waals surface area (Å²) in [5, 5.41) is 3.56. The van der Waals surface area contributed by atoms with Gasteiger partial charge in [-0.3, -0.25) is 9.97 Å². The molecule has 100 valence electrons. The van der Waals surface area contributed by atoms with Crippen molar-refractivity contribution >= 4 is 0 Å². The van der Waals surface area contributed by atoms with Crippen LogP contribution in [0.15, 0.2) is 36.9 Å². The van der Waals surface area contributed by atoms with Crippen LogP contribution in [-0.2, 0) is 6.42 Å². The van der Waals surface area contributed by atoms with E-state index in [1.807, 2.05) is 24.8 Å². The number of nitrogens with zero attached hydrogens (tertiary/aromatic N) is 2. The van der Waals surface area contributed by atoms with Crippen LogP contribution in [0, 0.1) is 6.92 Å². The summed E-state index contributed by atoms with van der Waals surface area (Å²) in [6.07, 6.45) is 8.62. The fourth-order valence-electron chi connectivity index (χ4n) is 2.38. The van der Waals surface area contributed by atoms with Crippen LogP contribution in [0.3, 0.4) is 0 Å². The molecular formula is C16H21N3. The van der Waals surface area contributed by atoms with Crippen LogP contribution < -0.4 is 5.32 Å². The third-order valence-corrected chi connectivity index (χ3v) is 3.43. The summed E-state index contributed by atoms with van der Waals surface area (Å²) in [5.74, 6) is 0. The number of aromatic nitrogens is 2. The summed E-state index contributed by atoms with van der Waals surface area (Å²) in [6.45, 7) is 7.35. The average molecular weight is 255 g/mol. The van der Waals surface area contributed by atoms with Crippen LogP contribution in [0.25, 0.3) is 0 Å². The monoisotopic (exact) mass is 255 g/mol. The Morgan fingerprint density at radius 3 is 2.47 bits per heavy atom. The van der Waals surface area contributed by atoms with Crippen LogP contribution in [0.5, 0.6) is 0 Å². The Labute approximate surface area is 115 Å². The number of rotatable bonds is 5. The third-order valence-electron chi connectivity index (χ3n) is 3.43. The van der Waals surface area contributed by atoms with Gasteiger partial charge in [0.25, 0.3) is 0 Å². The van der Waals surface area contributed by atoms with Crippen LogP contribution >= 0.6 is 0 Å². The van der Waals surface area contributed by atoms with Gasteiger partial charge in [-0.2, -0.15) is 0 Å². The average Bonchev–Trinajstić information content (AvgIpc) is 2.46. The fraction of sp³-hybridized carbons (Fsp3) is 0.375. The van der Waals surface area contributed by atoms with Gasteiger partial charge in [0.05, 0.1) is 6.04 Å². The molecule has 0 aromatic carbocycles. The maximum Gasteiger partial charge on any atom is 0.0598 e. The molecule has 0 fully saturated rings. The number of hydrogen-bond acceptors (Lipinski definition) is 3. The van der Waals surface area contributed by atoms with Gasteiger partial charge in [-0.25, -0.2) is 0 Å². The summed E-state index contributed by atoms with van der Waals surface area (Å²) in [5.41, 5.74) is 5.09. The Kier molecular flexibility index (Phi) is 4.63.